The van der Waals surface area contributed by atoms with Crippen LogP contribution in [0.3, 0.4) is 0 Å². The van der Waals surface area contributed by atoms with Crippen LogP contribution in [-0.4, -0.2) is 16.7 Å². The zero-order valence-electron chi connectivity index (χ0n) is 9.61. The van der Waals surface area contributed by atoms with Crippen molar-refractivity contribution in [3.05, 3.63) is 57.6 Å². The number of phenols is 1. The van der Waals surface area contributed by atoms with E-state index in [1.165, 1.54) is 24.3 Å². The van der Waals surface area contributed by atoms with Crippen LogP contribution < -0.4 is 5.73 Å². The van der Waals surface area contributed by atoms with E-state index in [2.05, 4.69) is 0 Å². The van der Waals surface area contributed by atoms with Gasteiger partial charge in [-0.15, -0.1) is 0 Å². The van der Waals surface area contributed by atoms with Gasteiger partial charge in [-0.2, -0.15) is 0 Å². The van der Waals surface area contributed by atoms with E-state index < -0.39 is 11.6 Å². The fourth-order valence-corrected chi connectivity index (χ4v) is 2.55. The normalized spacial score (nSPS) is 13.1. The first-order chi connectivity index (χ1) is 9.02. The molecule has 0 amide bonds. The van der Waals surface area contributed by atoms with Crippen LogP contribution in [0.15, 0.2) is 30.3 Å². The maximum Gasteiger partial charge on any atom is 0.199 e. The van der Waals surface area contributed by atoms with Crippen molar-refractivity contribution in [2.24, 2.45) is 0 Å². The smallest absolute Gasteiger partial charge is 0.199 e. The number of fused-ring (bicyclic) bond motifs is 2. The Morgan fingerprint density at radius 1 is 0.947 bits per heavy atom. The summed E-state index contributed by atoms with van der Waals surface area (Å²) in [5, 5.41) is 10.00. The number of hydrogen-bond acceptors (Lipinski definition) is 4. The molecule has 0 aromatic heterocycles. The number of anilines is 1. The highest BCUT2D eigenvalue weighted by Crippen LogP contribution is 2.38. The first kappa shape index (κ1) is 11.7. The van der Waals surface area contributed by atoms with Crippen molar-refractivity contribution < 1.29 is 14.7 Å². The molecule has 0 saturated heterocycles. The van der Waals surface area contributed by atoms with Crippen molar-refractivity contribution in [2.75, 3.05) is 5.73 Å². The van der Waals surface area contributed by atoms with Gasteiger partial charge in [-0.25, -0.2) is 0 Å². The Hall–Kier alpha value is -2.33. The average Bonchev–Trinajstić information content (AvgIpc) is 2.38. The van der Waals surface area contributed by atoms with Crippen molar-refractivity contribution in [3.8, 4) is 5.75 Å². The molecule has 94 valence electrons. The number of phenolic OH excluding ortho intramolecular Hbond substituents is 1. The number of rotatable bonds is 0. The van der Waals surface area contributed by atoms with E-state index in [4.69, 9.17) is 17.3 Å². The average molecular weight is 274 g/mol. The van der Waals surface area contributed by atoms with Gasteiger partial charge >= 0.3 is 0 Å². The molecular weight excluding hydrogens is 266 g/mol. The summed E-state index contributed by atoms with van der Waals surface area (Å²) in [7, 11) is 0. The van der Waals surface area contributed by atoms with Crippen molar-refractivity contribution in [3.63, 3.8) is 0 Å². The molecular formula is C14H8ClNO3. The van der Waals surface area contributed by atoms with Crippen molar-refractivity contribution in [1.29, 1.82) is 0 Å². The molecule has 5 heteroatoms. The molecule has 4 nitrogen and oxygen atoms in total. The van der Waals surface area contributed by atoms with Crippen molar-refractivity contribution in [1.82, 2.24) is 0 Å². The molecule has 0 fully saturated rings. The van der Waals surface area contributed by atoms with Gasteiger partial charge in [0.05, 0.1) is 21.7 Å². The first-order valence-electron chi connectivity index (χ1n) is 5.51. The predicted molar refractivity (Wildman–Crippen MR) is 70.8 cm³/mol. The maximum atomic E-state index is 12.4. The van der Waals surface area contributed by atoms with E-state index in [0.29, 0.717) is 0 Å². The highest BCUT2D eigenvalue weighted by molar-refractivity contribution is 6.39. The fraction of sp³-hybridized carbons (Fsp3) is 0. The second kappa shape index (κ2) is 3.83. The third kappa shape index (κ3) is 1.47. The van der Waals surface area contributed by atoms with E-state index >= 15 is 0 Å². The fourth-order valence-electron chi connectivity index (χ4n) is 2.29. The molecule has 0 atom stereocenters. The van der Waals surface area contributed by atoms with Crippen LogP contribution >= 0.6 is 11.6 Å². The van der Waals surface area contributed by atoms with Crippen LogP contribution in [0.2, 0.25) is 5.02 Å². The Kier molecular flexibility index (Phi) is 2.37. The van der Waals surface area contributed by atoms with Crippen LogP contribution in [-0.2, 0) is 0 Å². The number of nitrogen functional groups attached to an aromatic ring is 1. The molecule has 0 bridgehead atoms. The second-order valence-corrected chi connectivity index (χ2v) is 4.65. The van der Waals surface area contributed by atoms with Gasteiger partial charge in [0.1, 0.15) is 5.75 Å². The van der Waals surface area contributed by atoms with E-state index in [1.54, 1.807) is 6.07 Å². The van der Waals surface area contributed by atoms with E-state index in [9.17, 15) is 14.7 Å². The number of carbonyl (C=O) groups excluding carboxylic acids is 2. The van der Waals surface area contributed by atoms with Crippen LogP contribution in [0.5, 0.6) is 5.75 Å². The number of carbonyl (C=O) groups is 2. The molecule has 0 heterocycles. The van der Waals surface area contributed by atoms with Gasteiger partial charge in [-0.1, -0.05) is 23.7 Å². The summed E-state index contributed by atoms with van der Waals surface area (Å²) in [4.78, 5) is 24.8. The number of ketones is 2. The van der Waals surface area contributed by atoms with Crippen LogP contribution in [0.25, 0.3) is 0 Å². The highest BCUT2D eigenvalue weighted by Gasteiger charge is 2.34. The number of halogens is 1. The lowest BCUT2D eigenvalue weighted by Crippen LogP contribution is -2.22. The number of aromatic hydroxyl groups is 1. The summed E-state index contributed by atoms with van der Waals surface area (Å²) >= 11 is 5.98. The van der Waals surface area contributed by atoms with Crippen molar-refractivity contribution in [2.45, 2.75) is 0 Å². The number of nitrogens with two attached hydrogens (primary N) is 1. The SMILES string of the molecule is Nc1ccc(O)c2c1C(=O)c1cccc(Cl)c1C2=O. The predicted octanol–water partition coefficient (Wildman–Crippen LogP) is 2.40. The van der Waals surface area contributed by atoms with Crippen LogP contribution in [0, 0.1) is 0 Å². The molecule has 0 radical (unpaired) electrons. The van der Waals surface area contributed by atoms with E-state index in [-0.39, 0.29) is 38.7 Å². The molecule has 1 aliphatic carbocycles. The zero-order valence-corrected chi connectivity index (χ0v) is 10.4. The summed E-state index contributed by atoms with van der Waals surface area (Å²) in [6.45, 7) is 0. The minimum Gasteiger partial charge on any atom is -0.507 e. The van der Waals surface area contributed by atoms with Gasteiger partial charge in [0.2, 0.25) is 0 Å². The summed E-state index contributed by atoms with van der Waals surface area (Å²) in [6.07, 6.45) is 0. The first-order valence-corrected chi connectivity index (χ1v) is 5.89. The lowest BCUT2D eigenvalue weighted by atomic mass is 9.83. The Morgan fingerprint density at radius 2 is 1.68 bits per heavy atom. The monoisotopic (exact) mass is 273 g/mol. The quantitative estimate of drug-likeness (QED) is 0.487. The van der Waals surface area contributed by atoms with Crippen molar-refractivity contribution >= 4 is 28.9 Å². The Morgan fingerprint density at radius 3 is 2.42 bits per heavy atom. The molecule has 0 saturated carbocycles. The van der Waals surface area contributed by atoms with Gasteiger partial charge in [-0.05, 0) is 18.2 Å². The van der Waals surface area contributed by atoms with Gasteiger partial charge in [0.15, 0.2) is 11.6 Å². The highest BCUT2D eigenvalue weighted by atomic mass is 35.5. The lowest BCUT2D eigenvalue weighted by molar-refractivity contribution is 0.0977. The van der Waals surface area contributed by atoms with Crippen LogP contribution in [0.1, 0.15) is 31.8 Å². The molecule has 3 rings (SSSR count). The third-order valence-corrected chi connectivity index (χ3v) is 3.47. The molecule has 1 aliphatic rings. The topological polar surface area (TPSA) is 80.4 Å². The second-order valence-electron chi connectivity index (χ2n) is 4.24. The van der Waals surface area contributed by atoms with E-state index in [1.807, 2.05) is 0 Å². The minimum atomic E-state index is -0.486. The minimum absolute atomic E-state index is 0.0415. The third-order valence-electron chi connectivity index (χ3n) is 3.15. The number of benzene rings is 2. The standard InChI is InChI=1S/C14H8ClNO3/c15-7-3-1-2-6-10(7)14(19)12-9(17)5-4-8(16)11(12)13(6)18/h1-5,17H,16H2. The Balaban J connectivity index is 2.43. The molecule has 0 spiro atoms. The molecule has 0 aliphatic heterocycles. The number of hydrogen-bond donors (Lipinski definition) is 2. The Labute approximate surface area is 113 Å². The van der Waals surface area contributed by atoms with Gasteiger partial charge in [-0.3, -0.25) is 9.59 Å². The molecule has 0 unspecified atom stereocenters. The van der Waals surface area contributed by atoms with E-state index in [0.717, 1.165) is 0 Å². The molecule has 19 heavy (non-hydrogen) atoms. The largest absolute Gasteiger partial charge is 0.507 e. The molecule has 3 N–H and O–H groups in total. The molecule has 2 aromatic carbocycles. The van der Waals surface area contributed by atoms with Gasteiger partial charge < -0.3 is 10.8 Å². The summed E-state index contributed by atoms with van der Waals surface area (Å²) < 4.78 is 0. The summed E-state index contributed by atoms with van der Waals surface area (Å²) in [5.74, 6) is -1.16. The maximum absolute atomic E-state index is 12.4. The lowest BCUT2D eigenvalue weighted by Gasteiger charge is -2.20. The van der Waals surface area contributed by atoms with Crippen LogP contribution in [0.4, 0.5) is 5.69 Å². The van der Waals surface area contributed by atoms with Gasteiger partial charge in [0, 0.05) is 11.3 Å². The summed E-state index contributed by atoms with van der Waals surface area (Å²) in [6, 6.07) is 7.33. The zero-order chi connectivity index (χ0) is 13.7. The Bertz CT molecular complexity index is 753. The summed E-state index contributed by atoms with van der Waals surface area (Å²) in [5.41, 5.74) is 6.19. The molecule has 2 aromatic rings. The van der Waals surface area contributed by atoms with Gasteiger partial charge in [0.25, 0.3) is 0 Å².